The van der Waals surface area contributed by atoms with Gasteiger partial charge < -0.3 is 0 Å². The molecule has 0 atom stereocenters. The quantitative estimate of drug-likeness (QED) is 0.914. The van der Waals surface area contributed by atoms with Gasteiger partial charge in [-0.05, 0) is 24.6 Å². The Hall–Kier alpha value is -1.37. The van der Waals surface area contributed by atoms with Crippen molar-refractivity contribution in [2.24, 2.45) is 0 Å². The van der Waals surface area contributed by atoms with Crippen molar-refractivity contribution in [1.82, 2.24) is 15.2 Å². The van der Waals surface area contributed by atoms with Crippen LogP contribution in [-0.2, 0) is 12.6 Å². The van der Waals surface area contributed by atoms with E-state index in [0.717, 1.165) is 12.5 Å². The number of benzene rings is 1. The van der Waals surface area contributed by atoms with Crippen molar-refractivity contribution in [2.45, 2.75) is 25.9 Å². The maximum atomic E-state index is 13.0. The molecule has 19 heavy (non-hydrogen) atoms. The van der Waals surface area contributed by atoms with Gasteiger partial charge in [-0.15, -0.1) is 0 Å². The van der Waals surface area contributed by atoms with Crippen LogP contribution in [-0.4, -0.2) is 15.2 Å². The standard InChI is InChI=1S/C12H11BrF3N3/c1-2-3-10-17-11(19-18-10)8-5-4-7(13)6-9(8)12(14,15)16/h4-6H,2-3H2,1H3,(H,17,18,19). The number of nitrogens with zero attached hydrogens (tertiary/aromatic N) is 2. The molecule has 0 aliphatic rings. The van der Waals surface area contributed by atoms with E-state index in [1.54, 1.807) is 6.07 Å². The molecule has 0 fully saturated rings. The molecule has 0 saturated heterocycles. The van der Waals surface area contributed by atoms with Crippen LogP contribution in [0.25, 0.3) is 11.4 Å². The van der Waals surface area contributed by atoms with Crippen molar-refractivity contribution in [2.75, 3.05) is 0 Å². The highest BCUT2D eigenvalue weighted by Crippen LogP contribution is 2.37. The van der Waals surface area contributed by atoms with Gasteiger partial charge in [0.05, 0.1) is 5.56 Å². The lowest BCUT2D eigenvalue weighted by Crippen LogP contribution is -2.07. The molecule has 3 nitrogen and oxygen atoms in total. The average Bonchev–Trinajstić information content (AvgIpc) is 2.77. The van der Waals surface area contributed by atoms with E-state index in [2.05, 4.69) is 31.1 Å². The van der Waals surface area contributed by atoms with Crippen LogP contribution in [0.1, 0.15) is 24.7 Å². The second kappa shape index (κ2) is 5.32. The van der Waals surface area contributed by atoms with Gasteiger partial charge in [-0.1, -0.05) is 22.9 Å². The van der Waals surface area contributed by atoms with Crippen molar-refractivity contribution in [1.29, 1.82) is 0 Å². The maximum Gasteiger partial charge on any atom is 0.417 e. The van der Waals surface area contributed by atoms with Gasteiger partial charge in [0.1, 0.15) is 5.82 Å². The van der Waals surface area contributed by atoms with Gasteiger partial charge in [0.25, 0.3) is 0 Å². The number of alkyl halides is 3. The zero-order valence-corrected chi connectivity index (χ0v) is 11.6. The van der Waals surface area contributed by atoms with E-state index >= 15 is 0 Å². The predicted molar refractivity (Wildman–Crippen MR) is 68.5 cm³/mol. The van der Waals surface area contributed by atoms with Gasteiger partial charge in [0.2, 0.25) is 0 Å². The molecule has 2 aromatic rings. The van der Waals surface area contributed by atoms with E-state index in [1.165, 1.54) is 6.07 Å². The van der Waals surface area contributed by atoms with Crippen LogP contribution in [0.3, 0.4) is 0 Å². The minimum Gasteiger partial charge on any atom is -0.263 e. The first-order valence-corrected chi connectivity index (χ1v) is 6.49. The monoisotopic (exact) mass is 333 g/mol. The van der Waals surface area contributed by atoms with E-state index < -0.39 is 11.7 Å². The zero-order chi connectivity index (χ0) is 14.0. The summed E-state index contributed by atoms with van der Waals surface area (Å²) < 4.78 is 39.3. The summed E-state index contributed by atoms with van der Waals surface area (Å²) in [4.78, 5) is 4.09. The number of hydrogen-bond donors (Lipinski definition) is 1. The number of H-pyrrole nitrogens is 1. The van der Waals surface area contributed by atoms with Crippen LogP contribution in [0, 0.1) is 0 Å². The average molecular weight is 334 g/mol. The Morgan fingerprint density at radius 1 is 1.32 bits per heavy atom. The fourth-order valence-electron chi connectivity index (χ4n) is 1.71. The van der Waals surface area contributed by atoms with Gasteiger partial charge in [0, 0.05) is 16.5 Å². The van der Waals surface area contributed by atoms with E-state index in [-0.39, 0.29) is 11.4 Å². The third-order valence-corrected chi connectivity index (χ3v) is 3.04. The van der Waals surface area contributed by atoms with E-state index in [4.69, 9.17) is 0 Å². The summed E-state index contributed by atoms with van der Waals surface area (Å²) in [5, 5.41) is 6.52. The molecule has 1 aromatic heterocycles. The molecule has 102 valence electrons. The van der Waals surface area contributed by atoms with E-state index in [0.29, 0.717) is 16.7 Å². The number of hydrogen-bond acceptors (Lipinski definition) is 2. The Bertz CT molecular complexity index is 578. The molecule has 0 aliphatic carbocycles. The van der Waals surface area contributed by atoms with Crippen molar-refractivity contribution in [3.05, 3.63) is 34.1 Å². The Morgan fingerprint density at radius 3 is 2.68 bits per heavy atom. The first-order valence-electron chi connectivity index (χ1n) is 5.70. The lowest BCUT2D eigenvalue weighted by atomic mass is 10.1. The number of aryl methyl sites for hydroxylation is 1. The van der Waals surface area contributed by atoms with E-state index in [1.807, 2.05) is 6.92 Å². The Kier molecular flexibility index (Phi) is 3.93. The smallest absolute Gasteiger partial charge is 0.263 e. The second-order valence-corrected chi connectivity index (χ2v) is 4.96. The predicted octanol–water partition coefficient (Wildman–Crippen LogP) is 4.21. The summed E-state index contributed by atoms with van der Waals surface area (Å²) in [6.07, 6.45) is -2.93. The summed E-state index contributed by atoms with van der Waals surface area (Å²) in [6.45, 7) is 1.96. The third-order valence-electron chi connectivity index (χ3n) is 2.55. The van der Waals surface area contributed by atoms with Crippen molar-refractivity contribution < 1.29 is 13.2 Å². The first kappa shape index (κ1) is 14.0. The number of aromatic nitrogens is 3. The molecule has 0 bridgehead atoms. The number of aromatic amines is 1. The molecule has 1 N–H and O–H groups in total. The molecule has 0 amide bonds. The summed E-state index contributed by atoms with van der Waals surface area (Å²) in [5.74, 6) is 0.664. The first-order chi connectivity index (χ1) is 8.91. The molecule has 0 saturated carbocycles. The second-order valence-electron chi connectivity index (χ2n) is 4.04. The molecule has 7 heteroatoms. The van der Waals surface area contributed by atoms with Crippen LogP contribution in [0.4, 0.5) is 13.2 Å². The number of nitrogens with one attached hydrogen (secondary N) is 1. The van der Waals surface area contributed by atoms with Crippen molar-refractivity contribution >= 4 is 15.9 Å². The van der Waals surface area contributed by atoms with Crippen LogP contribution in [0.15, 0.2) is 22.7 Å². The third kappa shape index (κ3) is 3.15. The van der Waals surface area contributed by atoms with Crippen molar-refractivity contribution in [3.8, 4) is 11.4 Å². The molecule has 1 aromatic carbocycles. The van der Waals surface area contributed by atoms with Crippen LogP contribution >= 0.6 is 15.9 Å². The Labute approximate surface area is 116 Å². The summed E-state index contributed by atoms with van der Waals surface area (Å²) in [6, 6.07) is 3.94. The largest absolute Gasteiger partial charge is 0.417 e. The fourth-order valence-corrected chi connectivity index (χ4v) is 2.07. The van der Waals surface area contributed by atoms with Gasteiger partial charge >= 0.3 is 6.18 Å². The highest BCUT2D eigenvalue weighted by atomic mass is 79.9. The van der Waals surface area contributed by atoms with Gasteiger partial charge in [0.15, 0.2) is 5.82 Å². The number of rotatable bonds is 3. The topological polar surface area (TPSA) is 41.6 Å². The molecule has 0 unspecified atom stereocenters. The summed E-state index contributed by atoms with van der Waals surface area (Å²) in [5.41, 5.74) is -0.766. The Morgan fingerprint density at radius 2 is 2.05 bits per heavy atom. The number of halogens is 4. The van der Waals surface area contributed by atoms with Gasteiger partial charge in [-0.2, -0.15) is 18.3 Å². The van der Waals surface area contributed by atoms with Crippen molar-refractivity contribution in [3.63, 3.8) is 0 Å². The normalized spacial score (nSPS) is 11.8. The van der Waals surface area contributed by atoms with Gasteiger partial charge in [-0.3, -0.25) is 5.10 Å². The minimum atomic E-state index is -4.44. The fraction of sp³-hybridized carbons (Fsp3) is 0.333. The van der Waals surface area contributed by atoms with Gasteiger partial charge in [-0.25, -0.2) is 4.98 Å². The summed E-state index contributed by atoms with van der Waals surface area (Å²) in [7, 11) is 0. The summed E-state index contributed by atoms with van der Waals surface area (Å²) >= 11 is 3.04. The molecule has 0 aliphatic heterocycles. The lowest BCUT2D eigenvalue weighted by molar-refractivity contribution is -0.137. The highest BCUT2D eigenvalue weighted by molar-refractivity contribution is 9.10. The minimum absolute atomic E-state index is 0.0192. The molecule has 0 radical (unpaired) electrons. The van der Waals surface area contributed by atoms with Crippen LogP contribution in [0.2, 0.25) is 0 Å². The molecule has 1 heterocycles. The van der Waals surface area contributed by atoms with Crippen LogP contribution < -0.4 is 0 Å². The molecule has 0 spiro atoms. The zero-order valence-electron chi connectivity index (χ0n) is 10.1. The molecular formula is C12H11BrF3N3. The SMILES string of the molecule is CCCc1nc(-c2ccc(Br)cc2C(F)(F)F)n[nH]1. The highest BCUT2D eigenvalue weighted by Gasteiger charge is 2.34. The molecular weight excluding hydrogens is 323 g/mol. The molecule has 2 rings (SSSR count). The maximum absolute atomic E-state index is 13.0. The lowest BCUT2D eigenvalue weighted by Gasteiger charge is -2.10. The van der Waals surface area contributed by atoms with E-state index in [9.17, 15) is 13.2 Å². The van der Waals surface area contributed by atoms with Crippen LogP contribution in [0.5, 0.6) is 0 Å². The Balaban J connectivity index is 2.48.